The monoisotopic (exact) mass is 479 g/mol. The molecule has 1 aliphatic heterocycles. The summed E-state index contributed by atoms with van der Waals surface area (Å²) in [7, 11) is 0. The summed E-state index contributed by atoms with van der Waals surface area (Å²) in [5.41, 5.74) is 2.00. The molecule has 2 heterocycles. The Hall–Kier alpha value is -1.97. The number of amides is 1. The standard InChI is InChI=1S/C23H30FN3O3S2/c24-19-8-9-20-18(16-19)10-12-26(20)13-11-25-23(28)21(15-17-5-2-1-3-6-17)27(32(29)30)22-7-4-14-31-22/h4,7-9,14,16-17,21H,1-3,5-6,10-13,15H2,(H,25,28)(H,29,30). The van der Waals surface area contributed by atoms with Crippen molar-refractivity contribution in [1.82, 2.24) is 5.32 Å². The highest BCUT2D eigenvalue weighted by atomic mass is 32.2. The molecule has 9 heteroatoms. The lowest BCUT2D eigenvalue weighted by Gasteiger charge is -2.32. The first-order chi connectivity index (χ1) is 15.5. The van der Waals surface area contributed by atoms with Crippen LogP contribution in [-0.4, -0.2) is 40.3 Å². The smallest absolute Gasteiger partial charge is 0.263 e. The Morgan fingerprint density at radius 1 is 1.31 bits per heavy atom. The zero-order valence-electron chi connectivity index (χ0n) is 18.0. The molecule has 2 aromatic rings. The molecule has 2 N–H and O–H groups in total. The third-order valence-electron chi connectivity index (χ3n) is 6.47. The van der Waals surface area contributed by atoms with E-state index in [9.17, 15) is 17.9 Å². The average molecular weight is 480 g/mol. The molecule has 1 aromatic heterocycles. The number of hydrogen-bond donors (Lipinski definition) is 2. The molecule has 1 aliphatic carbocycles. The lowest BCUT2D eigenvalue weighted by molar-refractivity contribution is -0.122. The van der Waals surface area contributed by atoms with Crippen molar-refractivity contribution in [2.75, 3.05) is 28.8 Å². The predicted molar refractivity (Wildman–Crippen MR) is 128 cm³/mol. The van der Waals surface area contributed by atoms with Crippen molar-refractivity contribution >= 4 is 39.2 Å². The number of anilines is 2. The minimum atomic E-state index is -2.29. The van der Waals surface area contributed by atoms with Gasteiger partial charge in [-0.1, -0.05) is 32.1 Å². The number of carbonyl (C=O) groups excluding carboxylic acids is 1. The maximum absolute atomic E-state index is 13.5. The summed E-state index contributed by atoms with van der Waals surface area (Å²) >= 11 is -0.931. The number of nitrogens with one attached hydrogen (secondary N) is 1. The Morgan fingerprint density at radius 2 is 2.12 bits per heavy atom. The fraction of sp³-hybridized carbons (Fsp3) is 0.522. The van der Waals surface area contributed by atoms with Gasteiger partial charge in [-0.3, -0.25) is 9.35 Å². The Bertz CT molecular complexity index is 935. The summed E-state index contributed by atoms with van der Waals surface area (Å²) in [5, 5.41) is 5.47. The highest BCUT2D eigenvalue weighted by molar-refractivity contribution is 7.81. The molecule has 0 spiro atoms. The summed E-state index contributed by atoms with van der Waals surface area (Å²) in [5.74, 6) is -0.0640. The van der Waals surface area contributed by atoms with E-state index >= 15 is 0 Å². The van der Waals surface area contributed by atoms with Gasteiger partial charge in [0.25, 0.3) is 11.3 Å². The lowest BCUT2D eigenvalue weighted by atomic mass is 9.84. The van der Waals surface area contributed by atoms with Gasteiger partial charge in [0.1, 0.15) is 16.9 Å². The van der Waals surface area contributed by atoms with Gasteiger partial charge in [-0.2, -0.15) is 0 Å². The maximum atomic E-state index is 13.5. The van der Waals surface area contributed by atoms with Crippen molar-refractivity contribution in [2.45, 2.75) is 51.0 Å². The second kappa shape index (κ2) is 10.8. The van der Waals surface area contributed by atoms with Crippen LogP contribution in [0.1, 0.15) is 44.1 Å². The zero-order valence-corrected chi connectivity index (χ0v) is 19.7. The van der Waals surface area contributed by atoms with Crippen molar-refractivity contribution in [3.05, 3.63) is 47.1 Å². The van der Waals surface area contributed by atoms with Crippen LogP contribution >= 0.6 is 11.3 Å². The highest BCUT2D eigenvalue weighted by Crippen LogP contribution is 2.32. The zero-order chi connectivity index (χ0) is 22.5. The van der Waals surface area contributed by atoms with E-state index in [4.69, 9.17) is 0 Å². The summed E-state index contributed by atoms with van der Waals surface area (Å²) < 4.78 is 37.1. The number of carbonyl (C=O) groups is 1. The van der Waals surface area contributed by atoms with Gasteiger partial charge in [0.05, 0.1) is 0 Å². The summed E-state index contributed by atoms with van der Waals surface area (Å²) in [4.78, 5) is 15.4. The molecule has 0 saturated heterocycles. The summed E-state index contributed by atoms with van der Waals surface area (Å²) in [6.45, 7) is 1.83. The van der Waals surface area contributed by atoms with Crippen molar-refractivity contribution in [3.8, 4) is 0 Å². The Morgan fingerprint density at radius 3 is 2.84 bits per heavy atom. The average Bonchev–Trinajstić information content (AvgIpc) is 3.44. The van der Waals surface area contributed by atoms with E-state index in [2.05, 4.69) is 10.2 Å². The Kier molecular flexibility index (Phi) is 7.80. The molecule has 1 amide bonds. The number of benzene rings is 1. The topological polar surface area (TPSA) is 72.9 Å². The number of rotatable bonds is 9. The molecule has 2 atom stereocenters. The van der Waals surface area contributed by atoms with Crippen LogP contribution in [-0.2, 0) is 22.5 Å². The van der Waals surface area contributed by atoms with E-state index < -0.39 is 17.3 Å². The quantitative estimate of drug-likeness (QED) is 0.525. The van der Waals surface area contributed by atoms with Gasteiger partial charge >= 0.3 is 0 Å². The van der Waals surface area contributed by atoms with Gasteiger partial charge in [0.2, 0.25) is 5.91 Å². The van der Waals surface area contributed by atoms with E-state index in [1.807, 2.05) is 11.4 Å². The van der Waals surface area contributed by atoms with E-state index in [0.29, 0.717) is 30.4 Å². The summed E-state index contributed by atoms with van der Waals surface area (Å²) in [6.07, 6.45) is 6.99. The van der Waals surface area contributed by atoms with Gasteiger partial charge in [-0.05, 0) is 60.0 Å². The van der Waals surface area contributed by atoms with Crippen LogP contribution in [0.3, 0.4) is 0 Å². The summed E-state index contributed by atoms with van der Waals surface area (Å²) in [6, 6.07) is 7.74. The minimum Gasteiger partial charge on any atom is -0.369 e. The van der Waals surface area contributed by atoms with Crippen molar-refractivity contribution in [3.63, 3.8) is 0 Å². The number of thiophene rings is 1. The molecule has 1 aromatic carbocycles. The minimum absolute atomic E-state index is 0.218. The number of hydrogen-bond acceptors (Lipinski definition) is 4. The molecular weight excluding hydrogens is 449 g/mol. The molecule has 32 heavy (non-hydrogen) atoms. The number of halogens is 1. The molecule has 2 aliphatic rings. The van der Waals surface area contributed by atoms with E-state index in [-0.39, 0.29) is 11.7 Å². The van der Waals surface area contributed by atoms with Gasteiger partial charge in [0.15, 0.2) is 0 Å². The molecule has 1 fully saturated rings. The molecule has 4 rings (SSSR count). The molecular formula is C23H30FN3O3S2. The number of nitrogens with zero attached hydrogens (tertiary/aromatic N) is 2. The van der Waals surface area contributed by atoms with Crippen LogP contribution in [0, 0.1) is 11.7 Å². The Balaban J connectivity index is 1.42. The fourth-order valence-corrected chi connectivity index (χ4v) is 6.50. The van der Waals surface area contributed by atoms with Crippen LogP contribution in [0.4, 0.5) is 15.1 Å². The maximum Gasteiger partial charge on any atom is 0.263 e. The first-order valence-corrected chi connectivity index (χ1v) is 13.2. The van der Waals surface area contributed by atoms with Gasteiger partial charge < -0.3 is 10.2 Å². The third kappa shape index (κ3) is 5.50. The SMILES string of the molecule is O=C(NCCN1CCc2cc(F)ccc21)C(CC1CCCCC1)N(c1cccs1)S(=O)O. The van der Waals surface area contributed by atoms with E-state index in [1.165, 1.54) is 28.1 Å². The molecule has 6 nitrogen and oxygen atoms in total. The molecule has 0 bridgehead atoms. The second-order valence-electron chi connectivity index (χ2n) is 8.56. The lowest BCUT2D eigenvalue weighted by Crippen LogP contribution is -2.50. The predicted octanol–water partition coefficient (Wildman–Crippen LogP) is 4.35. The second-order valence-corrected chi connectivity index (χ2v) is 10.3. The number of fused-ring (bicyclic) bond motifs is 1. The van der Waals surface area contributed by atoms with Crippen LogP contribution in [0.15, 0.2) is 35.7 Å². The van der Waals surface area contributed by atoms with Crippen LogP contribution < -0.4 is 14.5 Å². The van der Waals surface area contributed by atoms with Gasteiger partial charge in [-0.25, -0.2) is 12.9 Å². The van der Waals surface area contributed by atoms with Crippen molar-refractivity contribution in [2.24, 2.45) is 5.92 Å². The van der Waals surface area contributed by atoms with Crippen molar-refractivity contribution < 1.29 is 17.9 Å². The third-order valence-corrected chi connectivity index (χ3v) is 8.24. The van der Waals surface area contributed by atoms with Gasteiger partial charge in [0, 0.05) is 25.3 Å². The first-order valence-electron chi connectivity index (χ1n) is 11.3. The largest absolute Gasteiger partial charge is 0.369 e. The molecule has 1 saturated carbocycles. The first kappa shape index (κ1) is 23.2. The van der Waals surface area contributed by atoms with E-state index in [1.54, 1.807) is 18.2 Å². The fourth-order valence-electron chi connectivity index (χ4n) is 4.89. The van der Waals surface area contributed by atoms with Crippen LogP contribution in [0.2, 0.25) is 0 Å². The van der Waals surface area contributed by atoms with Crippen molar-refractivity contribution in [1.29, 1.82) is 0 Å². The van der Waals surface area contributed by atoms with E-state index in [0.717, 1.165) is 49.9 Å². The molecule has 0 radical (unpaired) electrons. The van der Waals surface area contributed by atoms with Gasteiger partial charge in [-0.15, -0.1) is 11.3 Å². The molecule has 2 unspecified atom stereocenters. The Labute approximate surface area is 195 Å². The van der Waals surface area contributed by atoms with Crippen LogP contribution in [0.25, 0.3) is 0 Å². The highest BCUT2D eigenvalue weighted by Gasteiger charge is 2.33. The molecule has 174 valence electrons. The normalized spacial score (nSPS) is 18.2. The van der Waals surface area contributed by atoms with Crippen LogP contribution in [0.5, 0.6) is 0 Å².